The minimum Gasteiger partial charge on any atom is -0.346 e. The van der Waals surface area contributed by atoms with Crippen LogP contribution in [0.5, 0.6) is 0 Å². The molecule has 0 N–H and O–H groups in total. The minimum absolute atomic E-state index is 0. The fraction of sp³-hybridized carbons (Fsp3) is 0.308. The average Bonchev–Trinajstić information content (AvgIpc) is 2.33. The third-order valence-corrected chi connectivity index (χ3v) is 3.77. The molecule has 0 fully saturated rings. The first-order chi connectivity index (χ1) is 8.56. The van der Waals surface area contributed by atoms with E-state index < -0.39 is 5.38 Å². The summed E-state index contributed by atoms with van der Waals surface area (Å²) in [7, 11) is 0. The second-order valence-electron chi connectivity index (χ2n) is 3.88. The molecule has 0 aromatic heterocycles. The summed E-state index contributed by atoms with van der Waals surface area (Å²) in [6.45, 7) is 2.26. The zero-order valence-corrected chi connectivity index (χ0v) is 15.5. The van der Waals surface area contributed by atoms with Crippen molar-refractivity contribution in [3.8, 4) is 0 Å². The molecule has 0 aliphatic carbocycles. The van der Waals surface area contributed by atoms with Gasteiger partial charge in [0.05, 0.1) is 5.82 Å². The molecule has 1 atom stereocenters. The van der Waals surface area contributed by atoms with E-state index in [1.54, 1.807) is 12.1 Å². The van der Waals surface area contributed by atoms with Gasteiger partial charge >= 0.3 is 0 Å². The molecule has 1 unspecified atom stereocenters. The summed E-state index contributed by atoms with van der Waals surface area (Å²) in [4.78, 5) is 13.4. The van der Waals surface area contributed by atoms with Crippen molar-refractivity contribution in [3.05, 3.63) is 40.1 Å². The Morgan fingerprint density at radius 3 is 2.84 bits per heavy atom. The molecule has 0 spiro atoms. The normalized spacial score (nSPS) is 18.9. The topological polar surface area (TPSA) is 20.3 Å². The van der Waals surface area contributed by atoms with Gasteiger partial charge < -0.3 is 4.90 Å². The summed E-state index contributed by atoms with van der Waals surface area (Å²) in [6, 6.07) is 4.70. The van der Waals surface area contributed by atoms with Crippen LogP contribution in [-0.2, 0) is 37.5 Å². The molecule has 1 aliphatic rings. The van der Waals surface area contributed by atoms with E-state index in [9.17, 15) is 9.18 Å². The van der Waals surface area contributed by atoms with E-state index in [1.165, 1.54) is 11.0 Å². The first-order valence-electron chi connectivity index (χ1n) is 5.57. The second kappa shape index (κ2) is 7.30. The Bertz CT molecular complexity index is 503. The number of hydrogen-bond acceptors (Lipinski definition) is 1. The number of hydrogen-bond donors (Lipinski definition) is 0. The maximum atomic E-state index is 13.9. The number of carbonyl (C=O) groups is 1. The molecule has 1 aliphatic heterocycles. The van der Waals surface area contributed by atoms with E-state index in [-0.39, 0.29) is 44.4 Å². The van der Waals surface area contributed by atoms with Crippen LogP contribution in [-0.4, -0.2) is 22.7 Å². The van der Waals surface area contributed by atoms with Crippen molar-refractivity contribution in [2.45, 2.75) is 18.7 Å². The third-order valence-electron chi connectivity index (χ3n) is 2.77. The van der Waals surface area contributed by atoms with E-state index in [0.29, 0.717) is 28.7 Å². The van der Waals surface area contributed by atoms with Crippen molar-refractivity contribution in [1.82, 2.24) is 4.90 Å². The van der Waals surface area contributed by atoms with Crippen molar-refractivity contribution in [3.63, 3.8) is 0 Å². The summed E-state index contributed by atoms with van der Waals surface area (Å²) in [6.07, 6.45) is 3.32. The SMILES string of the molecule is CCN1C(=O)C(Cl)C[C-]=C1c1c(F)cccc1Br.[Y]. The van der Waals surface area contributed by atoms with Crippen molar-refractivity contribution in [1.29, 1.82) is 0 Å². The number of rotatable bonds is 2. The van der Waals surface area contributed by atoms with Crippen LogP contribution in [0.1, 0.15) is 18.9 Å². The Labute approximate surface area is 150 Å². The largest absolute Gasteiger partial charge is 0.346 e. The van der Waals surface area contributed by atoms with Crippen LogP contribution < -0.4 is 0 Å². The molecule has 0 saturated heterocycles. The van der Waals surface area contributed by atoms with Crippen molar-refractivity contribution in [2.24, 2.45) is 0 Å². The fourth-order valence-electron chi connectivity index (χ4n) is 1.91. The summed E-state index contributed by atoms with van der Waals surface area (Å²) >= 11 is 9.20. The van der Waals surface area contributed by atoms with Gasteiger partial charge in [0.1, 0.15) is 5.38 Å². The predicted molar refractivity (Wildman–Crippen MR) is 72.4 cm³/mol. The number of benzene rings is 1. The Hall–Kier alpha value is 0.234. The van der Waals surface area contributed by atoms with Gasteiger partial charge in [-0.05, 0) is 13.0 Å². The first-order valence-corrected chi connectivity index (χ1v) is 6.79. The molecule has 2 nitrogen and oxygen atoms in total. The van der Waals surface area contributed by atoms with Crippen LogP contribution in [0, 0.1) is 11.9 Å². The molecule has 19 heavy (non-hydrogen) atoms. The van der Waals surface area contributed by atoms with E-state index in [2.05, 4.69) is 22.0 Å². The number of allylic oxidation sites excluding steroid dienone is 1. The van der Waals surface area contributed by atoms with Crippen molar-refractivity contribution in [2.75, 3.05) is 6.54 Å². The van der Waals surface area contributed by atoms with Gasteiger partial charge in [0.15, 0.2) is 0 Å². The Morgan fingerprint density at radius 2 is 2.26 bits per heavy atom. The quantitative estimate of drug-likeness (QED) is 0.529. The maximum absolute atomic E-state index is 13.9. The molecule has 0 bridgehead atoms. The smallest absolute Gasteiger partial charge is 0.241 e. The summed E-state index contributed by atoms with van der Waals surface area (Å²) in [5.74, 6) is -0.589. The number of halogens is 3. The Morgan fingerprint density at radius 1 is 1.58 bits per heavy atom. The van der Waals surface area contributed by atoms with Crippen molar-refractivity contribution >= 4 is 39.1 Å². The zero-order valence-electron chi connectivity index (χ0n) is 10.3. The molecule has 0 saturated carbocycles. The number of amides is 1. The van der Waals surface area contributed by atoms with Gasteiger partial charge in [-0.25, -0.2) is 10.5 Å². The zero-order chi connectivity index (χ0) is 13.3. The van der Waals surface area contributed by atoms with Crippen LogP contribution in [0.2, 0.25) is 0 Å². The van der Waals surface area contributed by atoms with Gasteiger partial charge in [-0.15, -0.1) is 22.9 Å². The van der Waals surface area contributed by atoms with Gasteiger partial charge in [-0.3, -0.25) is 4.79 Å². The second-order valence-corrected chi connectivity index (χ2v) is 5.26. The average molecular weight is 420 g/mol. The van der Waals surface area contributed by atoms with Crippen LogP contribution >= 0.6 is 27.5 Å². The van der Waals surface area contributed by atoms with Gasteiger partial charge in [-0.1, -0.05) is 39.0 Å². The first kappa shape index (κ1) is 17.3. The molecule has 6 heteroatoms. The molecule has 1 aromatic rings. The van der Waals surface area contributed by atoms with Crippen LogP contribution in [0.25, 0.3) is 5.70 Å². The van der Waals surface area contributed by atoms with Crippen LogP contribution in [0.3, 0.4) is 0 Å². The van der Waals surface area contributed by atoms with Gasteiger partial charge in [0.25, 0.3) is 0 Å². The fourth-order valence-corrected chi connectivity index (χ4v) is 2.63. The minimum atomic E-state index is -0.612. The molecular formula is C13H11BrClFNOY-. The van der Waals surface area contributed by atoms with Gasteiger partial charge in [-0.2, -0.15) is 0 Å². The molecule has 1 aromatic carbocycles. The van der Waals surface area contributed by atoms with E-state index in [4.69, 9.17) is 11.6 Å². The monoisotopic (exact) mass is 419 g/mol. The summed E-state index contributed by atoms with van der Waals surface area (Å²) in [5.41, 5.74) is 0.820. The number of nitrogens with zero attached hydrogens (tertiary/aromatic N) is 1. The molecule has 1 radical (unpaired) electrons. The summed E-state index contributed by atoms with van der Waals surface area (Å²) in [5, 5.41) is -0.612. The van der Waals surface area contributed by atoms with Gasteiger partial charge in [0, 0.05) is 39.3 Å². The van der Waals surface area contributed by atoms with Crippen LogP contribution in [0.4, 0.5) is 4.39 Å². The van der Waals surface area contributed by atoms with Crippen LogP contribution in [0.15, 0.2) is 22.7 Å². The molecule has 2 rings (SSSR count). The third kappa shape index (κ3) is 3.47. The number of carbonyl (C=O) groups excluding carboxylic acids is 1. The van der Waals surface area contributed by atoms with E-state index >= 15 is 0 Å². The van der Waals surface area contributed by atoms with Gasteiger partial charge in [0.2, 0.25) is 5.91 Å². The number of alkyl halides is 1. The van der Waals surface area contributed by atoms with E-state index in [0.717, 1.165) is 0 Å². The van der Waals surface area contributed by atoms with Crippen molar-refractivity contribution < 1.29 is 41.9 Å². The molecule has 1 amide bonds. The Kier molecular flexibility index (Phi) is 6.64. The maximum Gasteiger partial charge on any atom is 0.241 e. The molecule has 99 valence electrons. The molecular weight excluding hydrogens is 409 g/mol. The molecule has 1 heterocycles. The van der Waals surface area contributed by atoms with E-state index in [1.807, 2.05) is 6.92 Å². The standard InChI is InChI=1S/C13H11BrClFNO.Y/c1-2-17-11(7-6-9(15)13(17)18)12-8(14)4-3-5-10(12)16;/h3-5,9H,2,6H2,1H3;/q-1;. The predicted octanol–water partition coefficient (Wildman–Crippen LogP) is 3.59. The summed E-state index contributed by atoms with van der Waals surface area (Å²) < 4.78 is 14.5. The Balaban J connectivity index is 0.00000180.